The maximum Gasteiger partial charge on any atom is 0.0434 e. The van der Waals surface area contributed by atoms with Gasteiger partial charge in [-0.05, 0) is 55.2 Å². The van der Waals surface area contributed by atoms with Crippen molar-refractivity contribution in [2.45, 2.75) is 33.1 Å². The first-order valence-electron chi connectivity index (χ1n) is 6.91. The van der Waals surface area contributed by atoms with Gasteiger partial charge in [0, 0.05) is 17.1 Å². The van der Waals surface area contributed by atoms with E-state index in [-0.39, 0.29) is 0 Å². The number of hydrogen-bond donors (Lipinski definition) is 2. The number of nitrogens with two attached hydrogens (primary N) is 1. The molecule has 0 spiro atoms. The summed E-state index contributed by atoms with van der Waals surface area (Å²) in [6.45, 7) is 4.30. The molecule has 2 nitrogen and oxygen atoms in total. The van der Waals surface area contributed by atoms with Crippen LogP contribution < -0.4 is 11.1 Å². The van der Waals surface area contributed by atoms with Gasteiger partial charge in [-0.15, -0.1) is 0 Å². The van der Waals surface area contributed by atoms with Gasteiger partial charge < -0.3 is 11.1 Å². The first-order valence-corrected chi connectivity index (χ1v) is 6.91. The van der Waals surface area contributed by atoms with Crippen LogP contribution in [0.25, 0.3) is 0 Å². The summed E-state index contributed by atoms with van der Waals surface area (Å²) >= 11 is 0. The van der Waals surface area contributed by atoms with Crippen molar-refractivity contribution in [3.8, 4) is 0 Å². The summed E-state index contributed by atoms with van der Waals surface area (Å²) in [7, 11) is 0. The second-order valence-corrected chi connectivity index (χ2v) is 5.00. The second-order valence-electron chi connectivity index (χ2n) is 5.00. The van der Waals surface area contributed by atoms with Gasteiger partial charge in [0.15, 0.2) is 0 Å². The monoisotopic (exact) mass is 254 g/mol. The molecule has 19 heavy (non-hydrogen) atoms. The third kappa shape index (κ3) is 3.75. The first-order chi connectivity index (χ1) is 9.19. The van der Waals surface area contributed by atoms with Crippen LogP contribution in [-0.4, -0.2) is 0 Å². The number of anilines is 3. The number of benzene rings is 2. The van der Waals surface area contributed by atoms with E-state index in [0.717, 1.165) is 23.5 Å². The molecule has 0 saturated heterocycles. The molecule has 0 radical (unpaired) electrons. The summed E-state index contributed by atoms with van der Waals surface area (Å²) in [5.74, 6) is 0. The molecule has 0 amide bonds. The van der Waals surface area contributed by atoms with Crippen molar-refractivity contribution in [2.24, 2.45) is 0 Å². The van der Waals surface area contributed by atoms with Crippen molar-refractivity contribution in [3.63, 3.8) is 0 Å². The fourth-order valence-corrected chi connectivity index (χ4v) is 2.07. The van der Waals surface area contributed by atoms with Gasteiger partial charge in [-0.1, -0.05) is 31.5 Å². The molecule has 0 aromatic heterocycles. The quantitative estimate of drug-likeness (QED) is 0.761. The summed E-state index contributed by atoms with van der Waals surface area (Å²) in [5, 5.41) is 3.42. The van der Waals surface area contributed by atoms with Crippen molar-refractivity contribution >= 4 is 17.1 Å². The summed E-state index contributed by atoms with van der Waals surface area (Å²) in [5.41, 5.74) is 11.4. The fourth-order valence-electron chi connectivity index (χ4n) is 2.07. The van der Waals surface area contributed by atoms with Gasteiger partial charge in [-0.25, -0.2) is 0 Å². The number of nitrogen functional groups attached to an aromatic ring is 1. The van der Waals surface area contributed by atoms with Crippen LogP contribution in [0.4, 0.5) is 17.1 Å². The maximum atomic E-state index is 5.82. The van der Waals surface area contributed by atoms with Gasteiger partial charge in [-0.3, -0.25) is 0 Å². The van der Waals surface area contributed by atoms with Crippen LogP contribution in [0.5, 0.6) is 0 Å². The van der Waals surface area contributed by atoms with E-state index in [2.05, 4.69) is 43.4 Å². The molecule has 0 unspecified atom stereocenters. The third-order valence-electron chi connectivity index (χ3n) is 3.31. The molecule has 3 N–H and O–H groups in total. The largest absolute Gasteiger partial charge is 0.399 e. The minimum absolute atomic E-state index is 0.785. The fraction of sp³-hybridized carbons (Fsp3) is 0.294. The topological polar surface area (TPSA) is 38.0 Å². The molecule has 100 valence electrons. The molecule has 0 aliphatic rings. The summed E-state index contributed by atoms with van der Waals surface area (Å²) in [4.78, 5) is 0. The van der Waals surface area contributed by atoms with Gasteiger partial charge in [0.2, 0.25) is 0 Å². The van der Waals surface area contributed by atoms with Crippen molar-refractivity contribution in [2.75, 3.05) is 11.1 Å². The van der Waals surface area contributed by atoms with Crippen molar-refractivity contribution < 1.29 is 0 Å². The van der Waals surface area contributed by atoms with Crippen LogP contribution in [0.1, 0.15) is 30.9 Å². The van der Waals surface area contributed by atoms with E-state index in [4.69, 9.17) is 5.73 Å². The predicted molar refractivity (Wildman–Crippen MR) is 83.9 cm³/mol. The van der Waals surface area contributed by atoms with Crippen LogP contribution in [0, 0.1) is 6.92 Å². The smallest absolute Gasteiger partial charge is 0.0434 e. The van der Waals surface area contributed by atoms with Crippen molar-refractivity contribution in [1.82, 2.24) is 0 Å². The first kappa shape index (κ1) is 13.5. The molecule has 0 fully saturated rings. The highest BCUT2D eigenvalue weighted by atomic mass is 14.9. The van der Waals surface area contributed by atoms with E-state index in [1.165, 1.54) is 24.0 Å². The SMILES string of the molecule is CCCCc1ccc(Nc2cc(N)ccc2C)cc1. The highest BCUT2D eigenvalue weighted by molar-refractivity contribution is 5.67. The van der Waals surface area contributed by atoms with E-state index in [0.29, 0.717) is 0 Å². The number of hydrogen-bond acceptors (Lipinski definition) is 2. The Morgan fingerprint density at radius 1 is 1.05 bits per heavy atom. The average molecular weight is 254 g/mol. The molecule has 0 aliphatic heterocycles. The van der Waals surface area contributed by atoms with E-state index < -0.39 is 0 Å². The van der Waals surface area contributed by atoms with E-state index in [1.807, 2.05) is 18.2 Å². The average Bonchev–Trinajstić information content (AvgIpc) is 2.42. The summed E-state index contributed by atoms with van der Waals surface area (Å²) in [6.07, 6.45) is 3.65. The standard InChI is InChI=1S/C17H22N2/c1-3-4-5-14-7-10-16(11-8-14)19-17-12-15(18)9-6-13(17)2/h6-12,19H,3-5,18H2,1-2H3. The zero-order chi connectivity index (χ0) is 13.7. The Bertz CT molecular complexity index is 529. The lowest BCUT2D eigenvalue weighted by Crippen LogP contribution is -1.95. The van der Waals surface area contributed by atoms with Crippen LogP contribution >= 0.6 is 0 Å². The van der Waals surface area contributed by atoms with Gasteiger partial charge in [0.25, 0.3) is 0 Å². The maximum absolute atomic E-state index is 5.82. The lowest BCUT2D eigenvalue weighted by Gasteiger charge is -2.11. The molecule has 0 atom stereocenters. The Balaban J connectivity index is 2.08. The predicted octanol–water partition coefficient (Wildman–Crippen LogP) is 4.66. The number of nitrogens with one attached hydrogen (secondary N) is 1. The summed E-state index contributed by atoms with van der Waals surface area (Å²) in [6, 6.07) is 14.6. The normalized spacial score (nSPS) is 10.4. The van der Waals surface area contributed by atoms with Crippen LogP contribution in [0.15, 0.2) is 42.5 Å². The molecular weight excluding hydrogens is 232 g/mol. The molecule has 2 rings (SSSR count). The molecular formula is C17H22N2. The zero-order valence-corrected chi connectivity index (χ0v) is 11.7. The Hall–Kier alpha value is -1.96. The second kappa shape index (κ2) is 6.28. The number of unbranched alkanes of at least 4 members (excludes halogenated alkanes) is 1. The van der Waals surface area contributed by atoms with Crippen LogP contribution in [-0.2, 0) is 6.42 Å². The Morgan fingerprint density at radius 3 is 2.47 bits per heavy atom. The highest BCUT2D eigenvalue weighted by Crippen LogP contribution is 2.23. The molecule has 2 heteroatoms. The molecule has 0 bridgehead atoms. The Labute approximate surface area is 115 Å². The minimum atomic E-state index is 0.785. The van der Waals surface area contributed by atoms with Crippen molar-refractivity contribution in [1.29, 1.82) is 0 Å². The molecule has 2 aromatic rings. The molecule has 0 aliphatic carbocycles. The third-order valence-corrected chi connectivity index (χ3v) is 3.31. The molecule has 0 saturated carbocycles. The Morgan fingerprint density at radius 2 is 1.79 bits per heavy atom. The van der Waals surface area contributed by atoms with Gasteiger partial charge in [-0.2, -0.15) is 0 Å². The van der Waals surface area contributed by atoms with Gasteiger partial charge in [0.05, 0.1) is 0 Å². The van der Waals surface area contributed by atoms with E-state index in [9.17, 15) is 0 Å². The zero-order valence-electron chi connectivity index (χ0n) is 11.7. The van der Waals surface area contributed by atoms with Crippen LogP contribution in [0.3, 0.4) is 0 Å². The lowest BCUT2D eigenvalue weighted by atomic mass is 10.1. The minimum Gasteiger partial charge on any atom is -0.399 e. The number of aryl methyl sites for hydroxylation is 2. The van der Waals surface area contributed by atoms with Crippen molar-refractivity contribution in [3.05, 3.63) is 53.6 Å². The summed E-state index contributed by atoms with van der Waals surface area (Å²) < 4.78 is 0. The highest BCUT2D eigenvalue weighted by Gasteiger charge is 2.00. The van der Waals surface area contributed by atoms with E-state index >= 15 is 0 Å². The van der Waals surface area contributed by atoms with Gasteiger partial charge in [0.1, 0.15) is 0 Å². The Kier molecular flexibility index (Phi) is 4.45. The lowest BCUT2D eigenvalue weighted by molar-refractivity contribution is 0.795. The molecule has 0 heterocycles. The van der Waals surface area contributed by atoms with Gasteiger partial charge >= 0.3 is 0 Å². The van der Waals surface area contributed by atoms with E-state index in [1.54, 1.807) is 0 Å². The van der Waals surface area contributed by atoms with Crippen LogP contribution in [0.2, 0.25) is 0 Å². The number of rotatable bonds is 5. The molecule has 2 aromatic carbocycles.